The van der Waals surface area contributed by atoms with Crippen molar-refractivity contribution >= 4 is 16.9 Å². The largest absolute Gasteiger partial charge is 0.355 e. The normalized spacial score (nSPS) is 10.8. The van der Waals surface area contributed by atoms with Gasteiger partial charge < -0.3 is 5.32 Å². The van der Waals surface area contributed by atoms with Gasteiger partial charge in [-0.3, -0.25) is 9.55 Å². The summed E-state index contributed by atoms with van der Waals surface area (Å²) >= 11 is 0. The van der Waals surface area contributed by atoms with Crippen molar-refractivity contribution in [3.05, 3.63) is 48.9 Å². The second-order valence-electron chi connectivity index (χ2n) is 4.43. The molecule has 2 aromatic heterocycles. The number of nitrogens with zero attached hydrogens (tertiary/aromatic N) is 3. The summed E-state index contributed by atoms with van der Waals surface area (Å²) in [5.41, 5.74) is 2.10. The maximum absolute atomic E-state index is 4.35. The fourth-order valence-electron chi connectivity index (χ4n) is 2.09. The molecule has 4 nitrogen and oxygen atoms in total. The summed E-state index contributed by atoms with van der Waals surface area (Å²) in [7, 11) is 0. The Bertz CT molecular complexity index is 687. The number of anilines is 1. The fraction of sp³-hybridized carbons (Fsp3) is 0.200. The van der Waals surface area contributed by atoms with E-state index in [9.17, 15) is 0 Å². The van der Waals surface area contributed by atoms with Crippen LogP contribution >= 0.6 is 0 Å². The average Bonchev–Trinajstić information content (AvgIpc) is 2.93. The van der Waals surface area contributed by atoms with Crippen LogP contribution < -0.4 is 5.32 Å². The molecule has 0 aliphatic carbocycles. The Morgan fingerprint density at radius 2 is 2.11 bits per heavy atom. The van der Waals surface area contributed by atoms with Crippen molar-refractivity contribution < 1.29 is 0 Å². The van der Waals surface area contributed by atoms with Crippen LogP contribution in [0, 0.1) is 0 Å². The third-order valence-corrected chi connectivity index (χ3v) is 3.04. The zero-order chi connectivity index (χ0) is 13.1. The van der Waals surface area contributed by atoms with Crippen molar-refractivity contribution in [1.82, 2.24) is 14.5 Å². The van der Waals surface area contributed by atoms with Crippen molar-refractivity contribution in [1.29, 1.82) is 0 Å². The molecule has 0 fully saturated rings. The van der Waals surface area contributed by atoms with Crippen molar-refractivity contribution in [2.75, 3.05) is 11.9 Å². The van der Waals surface area contributed by atoms with Gasteiger partial charge in [-0.1, -0.05) is 13.0 Å². The predicted octanol–water partition coefficient (Wildman–Crippen LogP) is 3.24. The number of benzene rings is 1. The molecule has 1 aromatic carbocycles. The lowest BCUT2D eigenvalue weighted by atomic mass is 10.2. The summed E-state index contributed by atoms with van der Waals surface area (Å²) < 4.78 is 2.06. The SMILES string of the molecule is CCCNc1nccn1-c1ccc2ncccc2c1. The number of pyridine rings is 1. The van der Waals surface area contributed by atoms with E-state index >= 15 is 0 Å². The molecular formula is C15H16N4. The van der Waals surface area contributed by atoms with Crippen LogP contribution in [0.5, 0.6) is 0 Å². The molecule has 19 heavy (non-hydrogen) atoms. The molecule has 0 atom stereocenters. The van der Waals surface area contributed by atoms with E-state index in [1.165, 1.54) is 0 Å². The van der Waals surface area contributed by atoms with E-state index in [2.05, 4.69) is 45.0 Å². The molecule has 1 N–H and O–H groups in total. The molecule has 0 spiro atoms. The quantitative estimate of drug-likeness (QED) is 0.775. The zero-order valence-corrected chi connectivity index (χ0v) is 10.9. The van der Waals surface area contributed by atoms with Gasteiger partial charge >= 0.3 is 0 Å². The Balaban J connectivity index is 2.01. The average molecular weight is 252 g/mol. The van der Waals surface area contributed by atoms with E-state index in [0.717, 1.165) is 35.5 Å². The first kappa shape index (κ1) is 11.7. The highest BCUT2D eigenvalue weighted by Crippen LogP contribution is 2.19. The van der Waals surface area contributed by atoms with Crippen LogP contribution in [0.4, 0.5) is 5.95 Å². The minimum atomic E-state index is 0.880. The molecule has 0 aliphatic heterocycles. The lowest BCUT2D eigenvalue weighted by molar-refractivity contribution is 0.937. The number of imidazole rings is 1. The van der Waals surface area contributed by atoms with Crippen LogP contribution in [0.15, 0.2) is 48.9 Å². The van der Waals surface area contributed by atoms with Crippen molar-refractivity contribution in [3.63, 3.8) is 0 Å². The summed E-state index contributed by atoms with van der Waals surface area (Å²) in [6, 6.07) is 10.3. The van der Waals surface area contributed by atoms with Gasteiger partial charge in [0.1, 0.15) is 0 Å². The molecular weight excluding hydrogens is 236 g/mol. The van der Waals surface area contributed by atoms with Gasteiger partial charge in [-0.05, 0) is 30.7 Å². The minimum absolute atomic E-state index is 0.880. The predicted molar refractivity (Wildman–Crippen MR) is 77.6 cm³/mol. The van der Waals surface area contributed by atoms with E-state index in [4.69, 9.17) is 0 Å². The van der Waals surface area contributed by atoms with Crippen LogP contribution in [0.2, 0.25) is 0 Å². The van der Waals surface area contributed by atoms with Gasteiger partial charge in [0, 0.05) is 36.2 Å². The molecule has 96 valence electrons. The fourth-order valence-corrected chi connectivity index (χ4v) is 2.09. The van der Waals surface area contributed by atoms with Gasteiger partial charge in [0.15, 0.2) is 0 Å². The van der Waals surface area contributed by atoms with Gasteiger partial charge in [0.25, 0.3) is 0 Å². The first-order chi connectivity index (χ1) is 9.38. The van der Waals surface area contributed by atoms with Gasteiger partial charge in [-0.25, -0.2) is 4.98 Å². The van der Waals surface area contributed by atoms with Crippen LogP contribution in [-0.2, 0) is 0 Å². The molecule has 0 saturated carbocycles. The van der Waals surface area contributed by atoms with Crippen molar-refractivity contribution in [3.8, 4) is 5.69 Å². The molecule has 3 aromatic rings. The van der Waals surface area contributed by atoms with E-state index in [-0.39, 0.29) is 0 Å². The van der Waals surface area contributed by atoms with Crippen molar-refractivity contribution in [2.24, 2.45) is 0 Å². The van der Waals surface area contributed by atoms with Crippen molar-refractivity contribution in [2.45, 2.75) is 13.3 Å². The Morgan fingerprint density at radius 1 is 1.16 bits per heavy atom. The summed E-state index contributed by atoms with van der Waals surface area (Å²) in [5, 5.41) is 4.46. The lowest BCUT2D eigenvalue weighted by Crippen LogP contribution is -2.06. The summed E-state index contributed by atoms with van der Waals surface area (Å²) in [5.74, 6) is 0.880. The van der Waals surface area contributed by atoms with Gasteiger partial charge in [0.2, 0.25) is 5.95 Å². The maximum Gasteiger partial charge on any atom is 0.207 e. The Kier molecular flexibility index (Phi) is 3.14. The Morgan fingerprint density at radius 3 is 3.00 bits per heavy atom. The van der Waals surface area contributed by atoms with Crippen LogP contribution in [-0.4, -0.2) is 21.1 Å². The lowest BCUT2D eigenvalue weighted by Gasteiger charge is -2.09. The van der Waals surface area contributed by atoms with Gasteiger partial charge in [-0.2, -0.15) is 0 Å². The van der Waals surface area contributed by atoms with Crippen LogP contribution in [0.1, 0.15) is 13.3 Å². The number of fused-ring (bicyclic) bond motifs is 1. The second-order valence-corrected chi connectivity index (χ2v) is 4.43. The third-order valence-electron chi connectivity index (χ3n) is 3.04. The van der Waals surface area contributed by atoms with Gasteiger partial charge in [-0.15, -0.1) is 0 Å². The molecule has 2 heterocycles. The molecule has 0 bridgehead atoms. The maximum atomic E-state index is 4.35. The van der Waals surface area contributed by atoms with E-state index in [1.807, 2.05) is 30.7 Å². The number of hydrogen-bond acceptors (Lipinski definition) is 3. The molecule has 0 amide bonds. The van der Waals surface area contributed by atoms with E-state index < -0.39 is 0 Å². The summed E-state index contributed by atoms with van der Waals surface area (Å²) in [4.78, 5) is 8.68. The number of hydrogen-bond donors (Lipinski definition) is 1. The number of rotatable bonds is 4. The highest BCUT2D eigenvalue weighted by Gasteiger charge is 2.04. The highest BCUT2D eigenvalue weighted by atomic mass is 15.2. The zero-order valence-electron chi connectivity index (χ0n) is 10.9. The number of nitrogens with one attached hydrogen (secondary N) is 1. The molecule has 3 rings (SSSR count). The summed E-state index contributed by atoms with van der Waals surface area (Å²) in [6.45, 7) is 3.06. The second kappa shape index (κ2) is 5.10. The highest BCUT2D eigenvalue weighted by molar-refractivity contribution is 5.80. The first-order valence-electron chi connectivity index (χ1n) is 6.51. The van der Waals surface area contributed by atoms with Crippen LogP contribution in [0.3, 0.4) is 0 Å². The smallest absolute Gasteiger partial charge is 0.207 e. The first-order valence-corrected chi connectivity index (χ1v) is 6.51. The third kappa shape index (κ3) is 2.29. The minimum Gasteiger partial charge on any atom is -0.355 e. The Hall–Kier alpha value is -2.36. The Labute approximate surface area is 112 Å². The topological polar surface area (TPSA) is 42.7 Å². The molecule has 0 radical (unpaired) electrons. The number of aromatic nitrogens is 3. The molecule has 0 unspecified atom stereocenters. The van der Waals surface area contributed by atoms with E-state index in [0.29, 0.717) is 0 Å². The standard InChI is InChI=1S/C15H16N4/c1-2-7-17-15-18-9-10-19(15)13-5-6-14-12(11-13)4-3-8-16-14/h3-6,8-11H,2,7H2,1H3,(H,17,18). The van der Waals surface area contributed by atoms with E-state index in [1.54, 1.807) is 0 Å². The summed E-state index contributed by atoms with van der Waals surface area (Å²) in [6.07, 6.45) is 6.67. The molecule has 0 aliphatic rings. The monoisotopic (exact) mass is 252 g/mol. The molecule has 0 saturated heterocycles. The van der Waals surface area contributed by atoms with Gasteiger partial charge in [0.05, 0.1) is 5.52 Å². The molecule has 4 heteroatoms. The van der Waals surface area contributed by atoms with Crippen LogP contribution in [0.25, 0.3) is 16.6 Å².